The Bertz CT molecular complexity index is 1130. The number of hydrogen-bond donors (Lipinski definition) is 0. The third kappa shape index (κ3) is 8.71. The number of ether oxygens (including phenoxy) is 2. The lowest BCUT2D eigenvalue weighted by molar-refractivity contribution is -0.151. The number of alkyl halides is 1. The van der Waals surface area contributed by atoms with Crippen LogP contribution in [0.3, 0.4) is 0 Å². The molecule has 1 heterocycles. The summed E-state index contributed by atoms with van der Waals surface area (Å²) < 4.78 is 28.5. The average molecular weight is 737 g/mol. The van der Waals surface area contributed by atoms with Gasteiger partial charge in [0.1, 0.15) is 6.10 Å². The van der Waals surface area contributed by atoms with Crippen molar-refractivity contribution in [2.24, 2.45) is 5.92 Å². The molecule has 0 aromatic heterocycles. The van der Waals surface area contributed by atoms with Gasteiger partial charge in [-0.05, 0) is 66.7 Å². The minimum atomic E-state index is -2.66. The predicted octanol–water partition coefficient (Wildman–Crippen LogP) is 8.88. The Morgan fingerprint density at radius 2 is 1.33 bits per heavy atom. The Morgan fingerprint density at radius 3 is 1.77 bits per heavy atom. The molecule has 0 amide bonds. The van der Waals surface area contributed by atoms with E-state index in [0.29, 0.717) is 0 Å². The van der Waals surface area contributed by atoms with E-state index < -0.39 is 22.4 Å². The first kappa shape index (κ1) is 36.6. The zero-order chi connectivity index (χ0) is 32.3. The van der Waals surface area contributed by atoms with Crippen molar-refractivity contribution in [1.82, 2.24) is 0 Å². The Labute approximate surface area is 278 Å². The van der Waals surface area contributed by atoms with E-state index in [9.17, 15) is 0 Å². The highest BCUT2D eigenvalue weighted by molar-refractivity contribution is 14.1. The summed E-state index contributed by atoms with van der Waals surface area (Å²) in [5, 5.41) is 2.61. The second-order valence-electron chi connectivity index (χ2n) is 15.2. The molecule has 0 bridgehead atoms. The number of halogens is 1. The van der Waals surface area contributed by atoms with Gasteiger partial charge in [0.15, 0.2) is 14.1 Å². The van der Waals surface area contributed by atoms with Crippen LogP contribution in [0.4, 0.5) is 0 Å². The summed E-state index contributed by atoms with van der Waals surface area (Å²) >= 11 is 2.43. The normalized spacial score (nSPS) is 22.1. The van der Waals surface area contributed by atoms with E-state index >= 15 is 0 Å². The van der Waals surface area contributed by atoms with Gasteiger partial charge in [-0.15, -0.1) is 0 Å². The van der Waals surface area contributed by atoms with Crippen molar-refractivity contribution >= 4 is 49.6 Å². The van der Waals surface area contributed by atoms with Crippen LogP contribution >= 0.6 is 22.6 Å². The summed E-state index contributed by atoms with van der Waals surface area (Å²) in [4.78, 5) is 0. The summed E-state index contributed by atoms with van der Waals surface area (Å²) in [7, 11) is -4.76. The molecule has 3 rings (SSSR count). The largest absolute Gasteiger partial charge is 0.408 e. The summed E-state index contributed by atoms with van der Waals surface area (Å²) in [5.74, 6) is -0.472. The lowest BCUT2D eigenvalue weighted by atomic mass is 10.0. The van der Waals surface area contributed by atoms with Gasteiger partial charge in [0.25, 0.3) is 8.32 Å². The zero-order valence-electron chi connectivity index (χ0n) is 28.7. The molecule has 0 radical (unpaired) electrons. The first-order valence-corrected chi connectivity index (χ1v) is 22.3. The predicted molar refractivity (Wildman–Crippen MR) is 196 cm³/mol. The maximum Gasteiger partial charge on any atom is 0.261 e. The van der Waals surface area contributed by atoms with Crippen molar-refractivity contribution in [3.8, 4) is 0 Å². The maximum atomic E-state index is 7.44. The molecular formula is C36H57IO4Si2. The van der Waals surface area contributed by atoms with Gasteiger partial charge in [0.2, 0.25) is 0 Å². The van der Waals surface area contributed by atoms with Gasteiger partial charge in [0.05, 0.1) is 12.2 Å². The molecule has 240 valence electrons. The van der Waals surface area contributed by atoms with Crippen molar-refractivity contribution < 1.29 is 18.3 Å². The van der Waals surface area contributed by atoms with Gasteiger partial charge in [-0.1, -0.05) is 144 Å². The van der Waals surface area contributed by atoms with E-state index in [-0.39, 0.29) is 40.4 Å². The Morgan fingerprint density at radius 1 is 0.814 bits per heavy atom. The fourth-order valence-corrected chi connectivity index (χ4v) is 12.4. The molecule has 0 spiro atoms. The van der Waals surface area contributed by atoms with Crippen molar-refractivity contribution in [2.75, 3.05) is 4.43 Å². The highest BCUT2D eigenvalue weighted by Gasteiger charge is 2.52. The van der Waals surface area contributed by atoms with Crippen LogP contribution in [0.1, 0.15) is 75.7 Å². The van der Waals surface area contributed by atoms with E-state index in [0.717, 1.165) is 10.8 Å². The van der Waals surface area contributed by atoms with Gasteiger partial charge in [-0.2, -0.15) is 0 Å². The van der Waals surface area contributed by atoms with Gasteiger partial charge >= 0.3 is 0 Å². The lowest BCUT2D eigenvalue weighted by Gasteiger charge is -2.45. The molecule has 4 nitrogen and oxygen atoms in total. The first-order valence-electron chi connectivity index (χ1n) is 15.9. The third-order valence-electron chi connectivity index (χ3n) is 9.30. The van der Waals surface area contributed by atoms with Crippen LogP contribution < -0.4 is 10.4 Å². The number of benzene rings is 2. The number of rotatable bonds is 12. The summed E-state index contributed by atoms with van der Waals surface area (Å²) in [6.07, 6.45) is 5.12. The standard InChI is InChI=1S/C36H57IO4Si2/c1-27(23-24-32(41-42(11,12)34(3,4)5)33-31(25-26-37)38-36(9,10)39-33)28(2)40-43(35(6,7)8,29-19-15-13-16-20-29)30-21-17-14-18-22-30/h13-24,27-28,31-33H,25-26H2,1-12H3/b24-23-/t27-,28+,31+,32?,33-/m0/s1. The second-order valence-corrected chi connectivity index (χ2v) is 25.3. The molecule has 5 atom stereocenters. The second kappa shape index (κ2) is 14.3. The van der Waals surface area contributed by atoms with Gasteiger partial charge in [-0.25, -0.2) is 0 Å². The molecule has 1 aliphatic rings. The highest BCUT2D eigenvalue weighted by Crippen LogP contribution is 2.41. The molecular weight excluding hydrogens is 679 g/mol. The Balaban J connectivity index is 1.99. The quantitative estimate of drug-likeness (QED) is 0.0945. The van der Waals surface area contributed by atoms with Crippen LogP contribution in [0.2, 0.25) is 23.2 Å². The minimum Gasteiger partial charge on any atom is -0.408 e. The summed E-state index contributed by atoms with van der Waals surface area (Å²) in [6, 6.07) is 21.8. The van der Waals surface area contributed by atoms with E-state index in [4.69, 9.17) is 18.3 Å². The average Bonchev–Trinajstić information content (AvgIpc) is 3.22. The smallest absolute Gasteiger partial charge is 0.261 e. The highest BCUT2D eigenvalue weighted by atomic mass is 127. The van der Waals surface area contributed by atoms with Crippen molar-refractivity contribution in [2.45, 2.75) is 129 Å². The van der Waals surface area contributed by atoms with Gasteiger partial charge < -0.3 is 18.3 Å². The first-order chi connectivity index (χ1) is 19.8. The summed E-state index contributed by atoms with van der Waals surface area (Å²) in [6.45, 7) is 27.1. The molecule has 1 unspecified atom stereocenters. The van der Waals surface area contributed by atoms with E-state index in [2.05, 4.69) is 164 Å². The molecule has 43 heavy (non-hydrogen) atoms. The van der Waals surface area contributed by atoms with Gasteiger partial charge in [-0.3, -0.25) is 0 Å². The van der Waals surface area contributed by atoms with E-state index in [1.165, 1.54) is 10.4 Å². The van der Waals surface area contributed by atoms with Crippen molar-refractivity contribution in [3.63, 3.8) is 0 Å². The van der Waals surface area contributed by atoms with Crippen LogP contribution in [0.25, 0.3) is 0 Å². The topological polar surface area (TPSA) is 36.9 Å². The number of hydrogen-bond acceptors (Lipinski definition) is 4. The fraction of sp³-hybridized carbons (Fsp3) is 0.611. The Kier molecular flexibility index (Phi) is 12.2. The van der Waals surface area contributed by atoms with E-state index in [1.807, 2.05) is 13.8 Å². The van der Waals surface area contributed by atoms with Crippen LogP contribution in [0, 0.1) is 5.92 Å². The van der Waals surface area contributed by atoms with Crippen molar-refractivity contribution in [1.29, 1.82) is 0 Å². The molecule has 1 fully saturated rings. The Hall–Kier alpha value is -0.816. The van der Waals surface area contributed by atoms with E-state index in [1.54, 1.807) is 0 Å². The SMILES string of the molecule is C[C@@H](/C=C\C(O[Si](C)(C)C(C)(C)C)[C@H]1OC(C)(C)O[C@@H]1CCI)[C@@H](C)O[Si](c1ccccc1)(c1ccccc1)C(C)(C)C. The lowest BCUT2D eigenvalue weighted by Crippen LogP contribution is -2.67. The van der Waals surface area contributed by atoms with Crippen molar-refractivity contribution in [3.05, 3.63) is 72.8 Å². The summed E-state index contributed by atoms with van der Waals surface area (Å²) in [5.41, 5.74) is 0. The maximum absolute atomic E-state index is 7.44. The molecule has 0 aliphatic carbocycles. The van der Waals surface area contributed by atoms with Crippen LogP contribution in [-0.4, -0.2) is 51.3 Å². The third-order valence-corrected chi connectivity index (χ3v) is 19.5. The molecule has 2 aromatic carbocycles. The minimum absolute atomic E-state index is 0.00703. The molecule has 7 heteroatoms. The molecule has 1 aliphatic heterocycles. The molecule has 2 aromatic rings. The van der Waals surface area contributed by atoms with Crippen LogP contribution in [0.5, 0.6) is 0 Å². The van der Waals surface area contributed by atoms with Crippen LogP contribution in [0.15, 0.2) is 72.8 Å². The van der Waals surface area contributed by atoms with Crippen LogP contribution in [-0.2, 0) is 18.3 Å². The molecule has 0 saturated carbocycles. The van der Waals surface area contributed by atoms with Gasteiger partial charge in [0, 0.05) is 10.5 Å². The monoisotopic (exact) mass is 736 g/mol. The molecule has 0 N–H and O–H groups in total. The zero-order valence-corrected chi connectivity index (χ0v) is 32.9. The molecule has 1 saturated heterocycles. The fourth-order valence-electron chi connectivity index (χ4n) is 5.72.